The van der Waals surface area contributed by atoms with Crippen molar-refractivity contribution >= 4 is 15.9 Å². The Labute approximate surface area is 101 Å². The van der Waals surface area contributed by atoms with Crippen LogP contribution in [0, 0.1) is 5.41 Å². The molecule has 3 aliphatic rings. The molecule has 2 unspecified atom stereocenters. The number of alkyl halides is 1. The Hall–Kier alpha value is 0.440. The lowest BCUT2D eigenvalue weighted by molar-refractivity contribution is -0.211. The summed E-state index contributed by atoms with van der Waals surface area (Å²) in [7, 11) is 0. The molecule has 1 heterocycles. The Bertz CT molecular complexity index is 272. The standard InChI is InChI=1S/C13H21BrO/c1-11(10-14)6-8-13(15-11)9-7-12(13)4-2-3-5-12/h2-10H2,1H3. The zero-order valence-electron chi connectivity index (χ0n) is 9.65. The maximum atomic E-state index is 6.51. The predicted octanol–water partition coefficient (Wildman–Crippen LogP) is 4.04. The molecule has 1 aliphatic heterocycles. The lowest BCUT2D eigenvalue weighted by Crippen LogP contribution is -2.56. The van der Waals surface area contributed by atoms with Crippen molar-refractivity contribution in [3.8, 4) is 0 Å². The molecule has 0 aromatic heterocycles. The summed E-state index contributed by atoms with van der Waals surface area (Å²) >= 11 is 3.61. The van der Waals surface area contributed by atoms with Gasteiger partial charge in [-0.15, -0.1) is 0 Å². The maximum Gasteiger partial charge on any atom is 0.0759 e. The highest BCUT2D eigenvalue weighted by Gasteiger charge is 2.64. The van der Waals surface area contributed by atoms with Crippen LogP contribution < -0.4 is 0 Å². The van der Waals surface area contributed by atoms with E-state index >= 15 is 0 Å². The number of ether oxygens (including phenoxy) is 1. The second-order valence-electron chi connectivity index (χ2n) is 6.17. The van der Waals surface area contributed by atoms with Crippen LogP contribution in [0.15, 0.2) is 0 Å². The van der Waals surface area contributed by atoms with Gasteiger partial charge in [0.25, 0.3) is 0 Å². The van der Waals surface area contributed by atoms with Gasteiger partial charge in [0, 0.05) is 5.33 Å². The van der Waals surface area contributed by atoms with Crippen molar-refractivity contribution in [3.05, 3.63) is 0 Å². The molecule has 15 heavy (non-hydrogen) atoms. The van der Waals surface area contributed by atoms with Gasteiger partial charge in [0.05, 0.1) is 11.2 Å². The SMILES string of the molecule is CC1(CBr)CCC2(CCC23CCCC3)O1. The molecule has 0 bridgehead atoms. The molecule has 0 radical (unpaired) electrons. The van der Waals surface area contributed by atoms with Crippen LogP contribution in [-0.2, 0) is 4.74 Å². The third-order valence-electron chi connectivity index (χ3n) is 5.32. The molecule has 0 aromatic carbocycles. The van der Waals surface area contributed by atoms with E-state index in [1.807, 2.05) is 0 Å². The summed E-state index contributed by atoms with van der Waals surface area (Å²) in [6, 6.07) is 0. The summed E-state index contributed by atoms with van der Waals surface area (Å²) in [5.74, 6) is 0. The number of rotatable bonds is 1. The zero-order valence-corrected chi connectivity index (χ0v) is 11.2. The van der Waals surface area contributed by atoms with Crippen LogP contribution >= 0.6 is 15.9 Å². The van der Waals surface area contributed by atoms with E-state index in [2.05, 4.69) is 22.9 Å². The van der Waals surface area contributed by atoms with E-state index in [-0.39, 0.29) is 5.60 Å². The van der Waals surface area contributed by atoms with Crippen molar-refractivity contribution in [3.63, 3.8) is 0 Å². The fourth-order valence-electron chi connectivity index (χ4n) is 4.20. The van der Waals surface area contributed by atoms with Gasteiger partial charge in [-0.3, -0.25) is 0 Å². The molecule has 3 fully saturated rings. The summed E-state index contributed by atoms with van der Waals surface area (Å²) < 4.78 is 6.51. The Morgan fingerprint density at radius 1 is 1.00 bits per heavy atom. The number of fused-ring (bicyclic) bond motifs is 1. The van der Waals surface area contributed by atoms with Gasteiger partial charge in [0.2, 0.25) is 0 Å². The monoisotopic (exact) mass is 272 g/mol. The largest absolute Gasteiger partial charge is 0.367 e. The first-order valence-electron chi connectivity index (χ1n) is 6.40. The van der Waals surface area contributed by atoms with Crippen molar-refractivity contribution in [2.45, 2.75) is 69.5 Å². The fourth-order valence-corrected chi connectivity index (χ4v) is 4.59. The van der Waals surface area contributed by atoms with Crippen LogP contribution in [-0.4, -0.2) is 16.5 Å². The Balaban J connectivity index is 1.82. The lowest BCUT2D eigenvalue weighted by Gasteiger charge is -2.56. The predicted molar refractivity (Wildman–Crippen MR) is 65.4 cm³/mol. The molecule has 86 valence electrons. The Kier molecular flexibility index (Phi) is 2.28. The number of hydrogen-bond acceptors (Lipinski definition) is 1. The normalized spacial score (nSPS) is 47.6. The van der Waals surface area contributed by atoms with E-state index in [0.717, 1.165) is 5.33 Å². The first-order chi connectivity index (χ1) is 7.14. The van der Waals surface area contributed by atoms with E-state index in [1.165, 1.54) is 51.4 Å². The topological polar surface area (TPSA) is 9.23 Å². The molecule has 1 saturated heterocycles. The summed E-state index contributed by atoms with van der Waals surface area (Å²) in [5, 5.41) is 0.998. The smallest absolute Gasteiger partial charge is 0.0759 e. The lowest BCUT2D eigenvalue weighted by atomic mass is 9.54. The molecule has 0 aromatic rings. The van der Waals surface area contributed by atoms with Crippen LogP contribution in [0.1, 0.15) is 58.3 Å². The summed E-state index contributed by atoms with van der Waals surface area (Å²) in [6.45, 7) is 2.28. The molecule has 3 rings (SSSR count). The van der Waals surface area contributed by atoms with Gasteiger partial charge in [-0.2, -0.15) is 0 Å². The van der Waals surface area contributed by atoms with Crippen LogP contribution in [0.25, 0.3) is 0 Å². The molecule has 0 amide bonds. The highest BCUT2D eigenvalue weighted by molar-refractivity contribution is 9.09. The van der Waals surface area contributed by atoms with E-state index in [9.17, 15) is 0 Å². The molecule has 1 nitrogen and oxygen atoms in total. The van der Waals surface area contributed by atoms with Crippen LogP contribution in [0.5, 0.6) is 0 Å². The molecule has 2 atom stereocenters. The molecule has 2 heteroatoms. The number of halogens is 1. The molecular weight excluding hydrogens is 252 g/mol. The van der Waals surface area contributed by atoms with Gasteiger partial charge in [0.15, 0.2) is 0 Å². The van der Waals surface area contributed by atoms with E-state index in [0.29, 0.717) is 11.0 Å². The van der Waals surface area contributed by atoms with Crippen molar-refractivity contribution in [1.82, 2.24) is 0 Å². The minimum atomic E-state index is 0.121. The zero-order chi connectivity index (χ0) is 10.6. The van der Waals surface area contributed by atoms with Crippen molar-refractivity contribution in [2.24, 2.45) is 5.41 Å². The minimum absolute atomic E-state index is 0.121. The second-order valence-corrected chi connectivity index (χ2v) is 6.73. The van der Waals surface area contributed by atoms with Crippen LogP contribution in [0.3, 0.4) is 0 Å². The maximum absolute atomic E-state index is 6.51. The quantitative estimate of drug-likeness (QED) is 0.655. The highest BCUT2D eigenvalue weighted by Crippen LogP contribution is 2.66. The molecule has 0 N–H and O–H groups in total. The van der Waals surface area contributed by atoms with Crippen LogP contribution in [0.2, 0.25) is 0 Å². The van der Waals surface area contributed by atoms with Gasteiger partial charge >= 0.3 is 0 Å². The third kappa shape index (κ3) is 1.30. The van der Waals surface area contributed by atoms with Crippen LogP contribution in [0.4, 0.5) is 0 Å². The number of hydrogen-bond donors (Lipinski definition) is 0. The van der Waals surface area contributed by atoms with E-state index in [4.69, 9.17) is 4.74 Å². The third-order valence-corrected chi connectivity index (χ3v) is 6.50. The van der Waals surface area contributed by atoms with E-state index in [1.54, 1.807) is 0 Å². The Morgan fingerprint density at radius 3 is 2.13 bits per heavy atom. The van der Waals surface area contributed by atoms with Gasteiger partial charge in [0.1, 0.15) is 0 Å². The molecular formula is C13H21BrO. The summed E-state index contributed by atoms with van der Waals surface area (Å²) in [6.07, 6.45) is 11.1. The van der Waals surface area contributed by atoms with Gasteiger partial charge < -0.3 is 4.74 Å². The first kappa shape index (κ1) is 10.6. The van der Waals surface area contributed by atoms with Crippen molar-refractivity contribution in [1.29, 1.82) is 0 Å². The van der Waals surface area contributed by atoms with Gasteiger partial charge in [-0.25, -0.2) is 0 Å². The average Bonchev–Trinajstić information content (AvgIpc) is 2.84. The second kappa shape index (κ2) is 3.22. The summed E-state index contributed by atoms with van der Waals surface area (Å²) in [4.78, 5) is 0. The summed E-state index contributed by atoms with van der Waals surface area (Å²) in [5.41, 5.74) is 1.02. The Morgan fingerprint density at radius 2 is 1.67 bits per heavy atom. The molecule has 2 saturated carbocycles. The first-order valence-corrected chi connectivity index (χ1v) is 7.52. The van der Waals surface area contributed by atoms with Crippen molar-refractivity contribution < 1.29 is 4.74 Å². The minimum Gasteiger partial charge on any atom is -0.367 e. The van der Waals surface area contributed by atoms with E-state index < -0.39 is 0 Å². The average molecular weight is 273 g/mol. The van der Waals surface area contributed by atoms with Gasteiger partial charge in [-0.1, -0.05) is 28.8 Å². The highest BCUT2D eigenvalue weighted by atomic mass is 79.9. The van der Waals surface area contributed by atoms with Gasteiger partial charge in [-0.05, 0) is 50.9 Å². The molecule has 2 spiro atoms. The van der Waals surface area contributed by atoms with Crippen molar-refractivity contribution in [2.75, 3.05) is 5.33 Å². The fraction of sp³-hybridized carbons (Fsp3) is 1.00. The molecule has 2 aliphatic carbocycles.